The Kier molecular flexibility index (Phi) is 8.07. The lowest BCUT2D eigenvalue weighted by Crippen LogP contribution is -2.27. The number of halogens is 2. The summed E-state index contributed by atoms with van der Waals surface area (Å²) < 4.78 is 5.80. The number of hydrogen-bond acceptors (Lipinski definition) is 3. The number of aliphatic carboxylic acids is 1. The van der Waals surface area contributed by atoms with E-state index in [4.69, 9.17) is 33.0 Å². The van der Waals surface area contributed by atoms with E-state index in [0.29, 0.717) is 30.2 Å². The predicted molar refractivity (Wildman–Crippen MR) is 99.4 cm³/mol. The first-order valence-corrected chi connectivity index (χ1v) is 9.36. The first-order chi connectivity index (χ1) is 12.0. The molecule has 1 aliphatic carbocycles. The summed E-state index contributed by atoms with van der Waals surface area (Å²) in [6.45, 7) is 0.367. The summed E-state index contributed by atoms with van der Waals surface area (Å²) in [4.78, 5) is 10.5. The van der Waals surface area contributed by atoms with Crippen LogP contribution in [0.1, 0.15) is 32.1 Å². The normalized spacial score (nSPS) is 26.2. The van der Waals surface area contributed by atoms with E-state index in [0.717, 1.165) is 12.8 Å². The number of carboxylic acid groups (broad SMARTS) is 1. The molecule has 0 radical (unpaired) electrons. The van der Waals surface area contributed by atoms with Crippen molar-refractivity contribution in [3.63, 3.8) is 0 Å². The van der Waals surface area contributed by atoms with Crippen molar-refractivity contribution >= 4 is 29.2 Å². The maximum atomic E-state index is 10.5. The summed E-state index contributed by atoms with van der Waals surface area (Å²) in [7, 11) is 0. The fourth-order valence-corrected chi connectivity index (χ4v) is 3.84. The van der Waals surface area contributed by atoms with Gasteiger partial charge in [-0.1, -0.05) is 35.9 Å². The molecule has 4 nitrogen and oxygen atoms in total. The Morgan fingerprint density at radius 3 is 2.76 bits per heavy atom. The molecule has 2 rings (SSSR count). The zero-order chi connectivity index (χ0) is 18.2. The number of hydrogen-bond donors (Lipinski definition) is 2. The smallest absolute Gasteiger partial charge is 0.303 e. The summed E-state index contributed by atoms with van der Waals surface area (Å²) in [6.07, 6.45) is 6.36. The molecule has 0 saturated heterocycles. The van der Waals surface area contributed by atoms with E-state index >= 15 is 0 Å². The van der Waals surface area contributed by atoms with Crippen LogP contribution in [0.3, 0.4) is 0 Å². The molecule has 0 aromatic heterocycles. The van der Waals surface area contributed by atoms with Crippen LogP contribution in [-0.2, 0) is 4.79 Å². The van der Waals surface area contributed by atoms with Crippen LogP contribution < -0.4 is 4.74 Å². The Hall–Kier alpha value is -1.23. The number of unbranched alkanes of at least 4 members (excludes halogenated alkanes) is 1. The third-order valence-corrected chi connectivity index (χ3v) is 5.39. The Bertz CT molecular complexity index is 591. The molecule has 1 aliphatic rings. The van der Waals surface area contributed by atoms with Crippen molar-refractivity contribution in [1.82, 2.24) is 0 Å². The van der Waals surface area contributed by atoms with Gasteiger partial charge in [-0.2, -0.15) is 0 Å². The van der Waals surface area contributed by atoms with Gasteiger partial charge in [0.25, 0.3) is 0 Å². The van der Waals surface area contributed by atoms with E-state index in [-0.39, 0.29) is 23.6 Å². The highest BCUT2D eigenvalue weighted by Crippen LogP contribution is 2.39. The van der Waals surface area contributed by atoms with Gasteiger partial charge in [-0.25, -0.2) is 0 Å². The number of alkyl halides is 1. The Labute approximate surface area is 158 Å². The van der Waals surface area contributed by atoms with Gasteiger partial charge in [0.05, 0.1) is 17.7 Å². The summed E-state index contributed by atoms with van der Waals surface area (Å²) in [6, 6.07) is 7.27. The molecule has 138 valence electrons. The van der Waals surface area contributed by atoms with Crippen LogP contribution in [0.5, 0.6) is 5.75 Å². The topological polar surface area (TPSA) is 66.8 Å². The van der Waals surface area contributed by atoms with Crippen LogP contribution in [0.15, 0.2) is 36.4 Å². The second kappa shape index (κ2) is 10.0. The summed E-state index contributed by atoms with van der Waals surface area (Å²) >= 11 is 12.5. The quantitative estimate of drug-likeness (QED) is 0.371. The maximum absolute atomic E-state index is 10.5. The number of aliphatic hydroxyl groups is 1. The van der Waals surface area contributed by atoms with Crippen LogP contribution in [0.4, 0.5) is 0 Å². The van der Waals surface area contributed by atoms with Crippen LogP contribution in [0, 0.1) is 11.8 Å². The molecule has 2 N–H and O–H groups in total. The lowest BCUT2D eigenvalue weighted by Gasteiger charge is -2.23. The first kappa shape index (κ1) is 20.1. The van der Waals surface area contributed by atoms with Gasteiger partial charge < -0.3 is 14.9 Å². The van der Waals surface area contributed by atoms with Gasteiger partial charge >= 0.3 is 5.97 Å². The Morgan fingerprint density at radius 2 is 2.04 bits per heavy atom. The first-order valence-electron chi connectivity index (χ1n) is 8.55. The molecule has 1 aromatic carbocycles. The fraction of sp³-hybridized carbons (Fsp3) is 0.526. The van der Waals surface area contributed by atoms with Gasteiger partial charge in [-0.15, -0.1) is 11.6 Å². The van der Waals surface area contributed by atoms with Gasteiger partial charge in [0.1, 0.15) is 5.75 Å². The van der Waals surface area contributed by atoms with Crippen molar-refractivity contribution in [2.45, 2.75) is 43.6 Å². The Morgan fingerprint density at radius 1 is 1.28 bits per heavy atom. The molecule has 4 atom stereocenters. The van der Waals surface area contributed by atoms with Gasteiger partial charge in [-0.05, 0) is 43.7 Å². The minimum absolute atomic E-state index is 0.0533. The number of allylic oxidation sites excluding steroid dienone is 2. The number of para-hydroxylation sites is 1. The molecule has 25 heavy (non-hydrogen) atoms. The number of carboxylic acids is 1. The highest BCUT2D eigenvalue weighted by molar-refractivity contribution is 6.32. The monoisotopic (exact) mass is 386 g/mol. The van der Waals surface area contributed by atoms with Crippen molar-refractivity contribution < 1.29 is 19.7 Å². The second-order valence-corrected chi connectivity index (χ2v) is 7.35. The van der Waals surface area contributed by atoms with Crippen molar-refractivity contribution in [3.8, 4) is 5.75 Å². The van der Waals surface area contributed by atoms with Crippen LogP contribution in [0.2, 0.25) is 5.02 Å². The van der Waals surface area contributed by atoms with Crippen molar-refractivity contribution in [2.75, 3.05) is 6.61 Å². The van der Waals surface area contributed by atoms with Crippen molar-refractivity contribution in [2.24, 2.45) is 11.8 Å². The number of ether oxygens (including phenoxy) is 1. The zero-order valence-electron chi connectivity index (χ0n) is 14.0. The van der Waals surface area contributed by atoms with Gasteiger partial charge in [0, 0.05) is 17.7 Å². The summed E-state index contributed by atoms with van der Waals surface area (Å²) in [5.74, 6) is -0.0976. The lowest BCUT2D eigenvalue weighted by molar-refractivity contribution is -0.137. The van der Waals surface area contributed by atoms with Crippen molar-refractivity contribution in [3.05, 3.63) is 41.4 Å². The van der Waals surface area contributed by atoms with Crippen LogP contribution in [-0.4, -0.2) is 34.3 Å². The van der Waals surface area contributed by atoms with E-state index in [1.54, 1.807) is 12.1 Å². The molecule has 0 spiro atoms. The third-order valence-electron chi connectivity index (χ3n) is 4.58. The molecule has 0 heterocycles. The fourth-order valence-electron chi connectivity index (χ4n) is 3.18. The average Bonchev–Trinajstić information content (AvgIpc) is 2.83. The van der Waals surface area contributed by atoms with Gasteiger partial charge in [-0.3, -0.25) is 4.79 Å². The number of carbonyl (C=O) groups is 1. The second-order valence-electron chi connectivity index (χ2n) is 6.38. The summed E-state index contributed by atoms with van der Waals surface area (Å²) in [5.41, 5.74) is 0. The van der Waals surface area contributed by atoms with Gasteiger partial charge in [0.2, 0.25) is 0 Å². The van der Waals surface area contributed by atoms with Crippen molar-refractivity contribution in [1.29, 1.82) is 0 Å². The molecule has 0 bridgehead atoms. The Balaban J connectivity index is 1.86. The third kappa shape index (κ3) is 6.21. The zero-order valence-corrected chi connectivity index (χ0v) is 15.5. The molecule has 6 heteroatoms. The SMILES string of the molecule is O=C(O)CCCC=CC[C@@H]1[C@@H](COc2ccccc2Cl)[C@H](O)C[C@H]1Cl. The van der Waals surface area contributed by atoms with E-state index in [9.17, 15) is 9.90 Å². The molecule has 1 saturated carbocycles. The molecule has 1 aromatic rings. The minimum atomic E-state index is -0.773. The largest absolute Gasteiger partial charge is 0.492 e. The van der Waals surface area contributed by atoms with E-state index in [1.807, 2.05) is 24.3 Å². The molecular weight excluding hydrogens is 363 g/mol. The van der Waals surface area contributed by atoms with Crippen LogP contribution >= 0.6 is 23.2 Å². The maximum Gasteiger partial charge on any atom is 0.303 e. The minimum Gasteiger partial charge on any atom is -0.492 e. The molecular formula is C19H24Cl2O4. The van der Waals surface area contributed by atoms with Crippen LogP contribution in [0.25, 0.3) is 0 Å². The number of aliphatic hydroxyl groups excluding tert-OH is 1. The molecule has 0 amide bonds. The molecule has 0 aliphatic heterocycles. The summed E-state index contributed by atoms with van der Waals surface area (Å²) in [5, 5.41) is 19.4. The predicted octanol–water partition coefficient (Wildman–Crippen LogP) is 4.52. The van der Waals surface area contributed by atoms with E-state index in [2.05, 4.69) is 0 Å². The van der Waals surface area contributed by atoms with Gasteiger partial charge in [0.15, 0.2) is 0 Å². The molecule has 1 fully saturated rings. The highest BCUT2D eigenvalue weighted by Gasteiger charge is 2.41. The lowest BCUT2D eigenvalue weighted by atomic mass is 9.92. The molecule has 0 unspecified atom stereocenters. The number of rotatable bonds is 9. The standard InChI is InChI=1S/C19H24Cl2O4/c20-15-8-5-6-9-18(15)25-12-14-13(16(21)11-17(14)22)7-3-1-2-4-10-19(23)24/h1,3,5-6,8-9,13-14,16-17,22H,2,4,7,10-12H2,(H,23,24)/t13-,14-,16-,17-/m1/s1. The number of benzene rings is 1. The highest BCUT2D eigenvalue weighted by atomic mass is 35.5. The van der Waals surface area contributed by atoms with E-state index in [1.165, 1.54) is 0 Å². The van der Waals surface area contributed by atoms with E-state index < -0.39 is 12.1 Å². The average molecular weight is 387 g/mol.